The summed E-state index contributed by atoms with van der Waals surface area (Å²) >= 11 is 0. The number of anilines is 2. The molecule has 3 unspecified atom stereocenters. The Bertz CT molecular complexity index is 1080. The third kappa shape index (κ3) is 4.50. The highest BCUT2D eigenvalue weighted by Crippen LogP contribution is 2.40. The lowest BCUT2D eigenvalue weighted by molar-refractivity contribution is -0.137. The molecule has 1 amide bonds. The van der Waals surface area contributed by atoms with Crippen LogP contribution < -0.4 is 15.1 Å². The molecule has 2 aliphatic rings. The van der Waals surface area contributed by atoms with Gasteiger partial charge in [-0.15, -0.1) is 0 Å². The van der Waals surface area contributed by atoms with Crippen LogP contribution in [0.5, 0.6) is 0 Å². The van der Waals surface area contributed by atoms with Gasteiger partial charge in [0.1, 0.15) is 6.07 Å². The van der Waals surface area contributed by atoms with E-state index in [9.17, 15) is 23.2 Å². The van der Waals surface area contributed by atoms with Crippen LogP contribution in [0.4, 0.5) is 24.5 Å². The molecule has 4 rings (SSSR count). The second-order valence-corrected chi connectivity index (χ2v) is 8.81. The number of amides is 1. The predicted octanol–water partition coefficient (Wildman–Crippen LogP) is 4.36. The number of hydrogen-bond donors (Lipinski definition) is 1. The second-order valence-electron chi connectivity index (χ2n) is 8.81. The molecule has 8 heteroatoms. The predicted molar refractivity (Wildman–Crippen MR) is 121 cm³/mol. The van der Waals surface area contributed by atoms with Gasteiger partial charge in [-0.25, -0.2) is 0 Å². The molecule has 33 heavy (non-hydrogen) atoms. The summed E-state index contributed by atoms with van der Waals surface area (Å²) in [5.41, 5.74) is 2.00. The fourth-order valence-corrected chi connectivity index (χ4v) is 4.81. The Kier molecular flexibility index (Phi) is 6.24. The van der Waals surface area contributed by atoms with Crippen molar-refractivity contribution >= 4 is 17.3 Å². The van der Waals surface area contributed by atoms with E-state index < -0.39 is 17.7 Å². The van der Waals surface area contributed by atoms with Crippen molar-refractivity contribution in [3.05, 3.63) is 59.2 Å². The maximum absolute atomic E-state index is 13.3. The quantitative estimate of drug-likeness (QED) is 0.743. The largest absolute Gasteiger partial charge is 0.416 e. The van der Waals surface area contributed by atoms with Crippen LogP contribution in [0, 0.1) is 17.2 Å². The molecule has 5 nitrogen and oxygen atoms in total. The zero-order valence-corrected chi connectivity index (χ0v) is 18.7. The molecule has 0 radical (unpaired) electrons. The number of carbonyl (C=O) groups is 1. The number of alkyl halides is 3. The number of nitriles is 1. The van der Waals surface area contributed by atoms with Crippen LogP contribution in [0.1, 0.15) is 37.0 Å². The van der Waals surface area contributed by atoms with E-state index in [1.807, 2.05) is 32.0 Å². The molecule has 1 fully saturated rings. The van der Waals surface area contributed by atoms with Crippen molar-refractivity contribution in [2.24, 2.45) is 5.92 Å². The summed E-state index contributed by atoms with van der Waals surface area (Å²) in [6.07, 6.45) is -3.42. The van der Waals surface area contributed by atoms with Crippen LogP contribution in [0.25, 0.3) is 0 Å². The third-order valence-electron chi connectivity index (χ3n) is 6.74. The maximum atomic E-state index is 13.3. The zero-order valence-electron chi connectivity index (χ0n) is 18.7. The molecule has 2 heterocycles. The molecule has 1 saturated heterocycles. The van der Waals surface area contributed by atoms with Gasteiger partial charge in [-0.1, -0.05) is 19.1 Å². The van der Waals surface area contributed by atoms with Crippen molar-refractivity contribution in [3.8, 4) is 6.07 Å². The highest BCUT2D eigenvalue weighted by Gasteiger charge is 2.43. The van der Waals surface area contributed by atoms with Gasteiger partial charge in [-0.3, -0.25) is 4.79 Å². The van der Waals surface area contributed by atoms with E-state index in [0.29, 0.717) is 30.8 Å². The van der Waals surface area contributed by atoms with Gasteiger partial charge in [-0.05, 0) is 55.7 Å². The number of fused-ring (bicyclic) bond motifs is 3. The first-order chi connectivity index (χ1) is 15.7. The molecular formula is C25H27F3N4O. The lowest BCUT2D eigenvalue weighted by Crippen LogP contribution is -2.61. The van der Waals surface area contributed by atoms with E-state index in [1.54, 1.807) is 6.07 Å². The monoisotopic (exact) mass is 456 g/mol. The molecule has 0 aliphatic carbocycles. The van der Waals surface area contributed by atoms with Crippen molar-refractivity contribution in [3.63, 3.8) is 0 Å². The van der Waals surface area contributed by atoms with Gasteiger partial charge in [0.25, 0.3) is 0 Å². The minimum atomic E-state index is -4.43. The van der Waals surface area contributed by atoms with E-state index in [4.69, 9.17) is 0 Å². The van der Waals surface area contributed by atoms with Crippen LogP contribution in [0.15, 0.2) is 42.5 Å². The normalized spacial score (nSPS) is 21.0. The molecule has 0 bridgehead atoms. The summed E-state index contributed by atoms with van der Waals surface area (Å²) in [7, 11) is 0. The summed E-state index contributed by atoms with van der Waals surface area (Å²) in [6.45, 7) is 5.57. The standard InChI is InChI=1S/C25H27F3N4O/c1-3-16(2)30-24(33)20-13-18-12-19(25(26,27)28)8-9-22(18)32-11-10-31(15-23(20)32)21-7-5-4-6-17(21)14-29/h4-9,12,16,20,23H,3,10-11,13,15H2,1-2H3,(H,30,33). The molecule has 174 valence electrons. The van der Waals surface area contributed by atoms with Crippen molar-refractivity contribution in [2.75, 3.05) is 29.4 Å². The van der Waals surface area contributed by atoms with Crippen LogP contribution in [0.2, 0.25) is 0 Å². The van der Waals surface area contributed by atoms with Gasteiger partial charge in [0, 0.05) is 31.4 Å². The van der Waals surface area contributed by atoms with Gasteiger partial charge in [-0.2, -0.15) is 18.4 Å². The molecular weight excluding hydrogens is 429 g/mol. The summed E-state index contributed by atoms with van der Waals surface area (Å²) in [5, 5.41) is 12.6. The fourth-order valence-electron chi connectivity index (χ4n) is 4.81. The van der Waals surface area contributed by atoms with E-state index in [0.717, 1.165) is 23.9 Å². The van der Waals surface area contributed by atoms with E-state index in [2.05, 4.69) is 21.2 Å². The van der Waals surface area contributed by atoms with Crippen molar-refractivity contribution < 1.29 is 18.0 Å². The Morgan fingerprint density at radius 3 is 2.67 bits per heavy atom. The summed E-state index contributed by atoms with van der Waals surface area (Å²) in [5.74, 6) is -0.634. The SMILES string of the molecule is CCC(C)NC(=O)C1Cc2cc(C(F)(F)F)ccc2N2CCN(c3ccccc3C#N)CC12. The van der Waals surface area contributed by atoms with Gasteiger partial charge in [0.15, 0.2) is 0 Å². The average Bonchev–Trinajstić information content (AvgIpc) is 2.81. The lowest BCUT2D eigenvalue weighted by atomic mass is 9.82. The first-order valence-electron chi connectivity index (χ1n) is 11.2. The second kappa shape index (κ2) is 8.97. The fraction of sp³-hybridized carbons (Fsp3) is 0.440. The molecule has 3 atom stereocenters. The topological polar surface area (TPSA) is 59.4 Å². The number of para-hydroxylation sites is 1. The Hall–Kier alpha value is -3.21. The third-order valence-corrected chi connectivity index (χ3v) is 6.74. The minimum absolute atomic E-state index is 0.0205. The Morgan fingerprint density at radius 2 is 1.97 bits per heavy atom. The van der Waals surface area contributed by atoms with Crippen LogP contribution in [-0.4, -0.2) is 37.6 Å². The van der Waals surface area contributed by atoms with Gasteiger partial charge < -0.3 is 15.1 Å². The number of nitrogens with zero attached hydrogens (tertiary/aromatic N) is 3. The number of nitrogens with one attached hydrogen (secondary N) is 1. The van der Waals surface area contributed by atoms with Crippen molar-refractivity contribution in [1.29, 1.82) is 5.26 Å². The molecule has 2 aromatic carbocycles. The van der Waals surface area contributed by atoms with Crippen LogP contribution >= 0.6 is 0 Å². The number of carbonyl (C=O) groups excluding carboxylic acids is 1. The summed E-state index contributed by atoms with van der Waals surface area (Å²) in [4.78, 5) is 17.4. The van der Waals surface area contributed by atoms with E-state index in [1.165, 1.54) is 12.1 Å². The Labute approximate surface area is 191 Å². The first kappa shape index (κ1) is 23.0. The maximum Gasteiger partial charge on any atom is 0.416 e. The molecule has 0 saturated carbocycles. The lowest BCUT2D eigenvalue weighted by Gasteiger charge is -2.50. The number of benzene rings is 2. The molecule has 0 spiro atoms. The zero-order chi connectivity index (χ0) is 23.8. The Balaban J connectivity index is 1.70. The highest BCUT2D eigenvalue weighted by molar-refractivity contribution is 5.82. The van der Waals surface area contributed by atoms with E-state index >= 15 is 0 Å². The number of hydrogen-bond acceptors (Lipinski definition) is 4. The highest BCUT2D eigenvalue weighted by atomic mass is 19.4. The average molecular weight is 457 g/mol. The van der Waals surface area contributed by atoms with E-state index in [-0.39, 0.29) is 24.4 Å². The smallest absolute Gasteiger partial charge is 0.367 e. The summed E-state index contributed by atoms with van der Waals surface area (Å²) < 4.78 is 40.0. The van der Waals surface area contributed by atoms with Gasteiger partial charge >= 0.3 is 6.18 Å². The minimum Gasteiger partial charge on any atom is -0.367 e. The van der Waals surface area contributed by atoms with Crippen LogP contribution in [0.3, 0.4) is 0 Å². The number of rotatable bonds is 4. The Morgan fingerprint density at radius 1 is 1.21 bits per heavy atom. The van der Waals surface area contributed by atoms with Crippen molar-refractivity contribution in [2.45, 2.75) is 44.9 Å². The summed E-state index contributed by atoms with van der Waals surface area (Å²) in [6, 6.07) is 13.2. The molecule has 0 aromatic heterocycles. The van der Waals surface area contributed by atoms with Gasteiger partial charge in [0.2, 0.25) is 5.91 Å². The first-order valence-corrected chi connectivity index (χ1v) is 11.2. The van der Waals surface area contributed by atoms with Crippen LogP contribution in [-0.2, 0) is 17.4 Å². The molecule has 2 aliphatic heterocycles. The van der Waals surface area contributed by atoms with Crippen molar-refractivity contribution in [1.82, 2.24) is 5.32 Å². The number of halogens is 3. The van der Waals surface area contributed by atoms with Gasteiger partial charge in [0.05, 0.1) is 28.8 Å². The molecule has 2 aromatic rings. The number of piperazine rings is 1. The molecule has 1 N–H and O–H groups in total.